The van der Waals surface area contributed by atoms with Crippen LogP contribution < -0.4 is 0 Å². The summed E-state index contributed by atoms with van der Waals surface area (Å²) < 4.78 is 2.37. The first-order valence-electron chi connectivity index (χ1n) is 10.6. The van der Waals surface area contributed by atoms with Crippen molar-refractivity contribution in [2.24, 2.45) is 5.92 Å². The lowest BCUT2D eigenvalue weighted by Crippen LogP contribution is -2.44. The van der Waals surface area contributed by atoms with Gasteiger partial charge in [0, 0.05) is 19.6 Å². The van der Waals surface area contributed by atoms with E-state index in [0.717, 1.165) is 44.1 Å². The molecule has 1 aromatic heterocycles. The van der Waals surface area contributed by atoms with Crippen molar-refractivity contribution in [1.29, 1.82) is 0 Å². The van der Waals surface area contributed by atoms with Crippen LogP contribution in [0.15, 0.2) is 24.3 Å². The largest absolute Gasteiger partial charge is 0.342 e. The molecule has 2 aliphatic rings. The highest BCUT2D eigenvalue weighted by Gasteiger charge is 2.24. The van der Waals surface area contributed by atoms with Crippen LogP contribution in [0.3, 0.4) is 0 Å². The fourth-order valence-electron chi connectivity index (χ4n) is 4.62. The molecule has 0 spiro atoms. The highest BCUT2D eigenvalue weighted by Crippen LogP contribution is 2.23. The van der Waals surface area contributed by atoms with E-state index in [1.807, 2.05) is 0 Å². The standard InChI is InChI=1S/C22H32N4O/c1-18-23-20-8-4-5-9-21(20)26(18)16-19-10-14-24(15-11-19)17-22(27)25-12-6-2-3-7-13-25/h4-5,8-9,19H,2-3,6-7,10-17H2,1H3. The summed E-state index contributed by atoms with van der Waals surface area (Å²) in [5, 5.41) is 0. The fourth-order valence-corrected chi connectivity index (χ4v) is 4.62. The maximum absolute atomic E-state index is 12.6. The molecule has 2 saturated heterocycles. The number of hydrogen-bond donors (Lipinski definition) is 0. The van der Waals surface area contributed by atoms with E-state index in [4.69, 9.17) is 4.98 Å². The average molecular weight is 369 g/mol. The summed E-state index contributed by atoms with van der Waals surface area (Å²) in [6, 6.07) is 8.41. The Morgan fingerprint density at radius 2 is 1.74 bits per heavy atom. The van der Waals surface area contributed by atoms with E-state index < -0.39 is 0 Å². The second-order valence-corrected chi connectivity index (χ2v) is 8.27. The summed E-state index contributed by atoms with van der Waals surface area (Å²) >= 11 is 0. The van der Waals surface area contributed by atoms with Gasteiger partial charge in [0.25, 0.3) is 0 Å². The minimum atomic E-state index is 0.340. The highest BCUT2D eigenvalue weighted by atomic mass is 16.2. The molecule has 0 bridgehead atoms. The van der Waals surface area contributed by atoms with E-state index in [9.17, 15) is 4.79 Å². The van der Waals surface area contributed by atoms with E-state index in [1.165, 1.54) is 44.0 Å². The number of likely N-dealkylation sites (tertiary alicyclic amines) is 2. The van der Waals surface area contributed by atoms with Crippen molar-refractivity contribution in [3.63, 3.8) is 0 Å². The zero-order valence-corrected chi connectivity index (χ0v) is 16.6. The van der Waals surface area contributed by atoms with E-state index >= 15 is 0 Å². The monoisotopic (exact) mass is 368 g/mol. The Hall–Kier alpha value is -1.88. The molecule has 0 aliphatic carbocycles. The molecule has 146 valence electrons. The molecule has 1 aromatic carbocycles. The number of aryl methyl sites for hydroxylation is 1. The summed E-state index contributed by atoms with van der Waals surface area (Å²) in [5.41, 5.74) is 2.34. The van der Waals surface area contributed by atoms with Gasteiger partial charge in [-0.2, -0.15) is 0 Å². The number of rotatable bonds is 4. The molecular weight excluding hydrogens is 336 g/mol. The van der Waals surface area contributed by atoms with Crippen molar-refractivity contribution in [2.75, 3.05) is 32.7 Å². The van der Waals surface area contributed by atoms with E-state index in [1.54, 1.807) is 0 Å². The van der Waals surface area contributed by atoms with E-state index in [2.05, 4.69) is 45.6 Å². The van der Waals surface area contributed by atoms with Crippen molar-refractivity contribution in [3.8, 4) is 0 Å². The minimum Gasteiger partial charge on any atom is -0.342 e. The van der Waals surface area contributed by atoms with Crippen molar-refractivity contribution in [2.45, 2.75) is 52.0 Å². The second-order valence-electron chi connectivity index (χ2n) is 8.27. The molecule has 2 aliphatic heterocycles. The number of aromatic nitrogens is 2. The van der Waals surface area contributed by atoms with Gasteiger partial charge in [0.2, 0.25) is 5.91 Å². The molecule has 0 radical (unpaired) electrons. The first-order chi connectivity index (χ1) is 13.2. The van der Waals surface area contributed by atoms with Crippen molar-refractivity contribution >= 4 is 16.9 Å². The van der Waals surface area contributed by atoms with Gasteiger partial charge in [-0.3, -0.25) is 9.69 Å². The van der Waals surface area contributed by atoms with Crippen LogP contribution in [0.25, 0.3) is 11.0 Å². The molecule has 5 nitrogen and oxygen atoms in total. The van der Waals surface area contributed by atoms with Gasteiger partial charge in [-0.1, -0.05) is 25.0 Å². The maximum Gasteiger partial charge on any atom is 0.236 e. The van der Waals surface area contributed by atoms with E-state index in [0.29, 0.717) is 18.4 Å². The molecule has 2 fully saturated rings. The molecule has 3 heterocycles. The van der Waals surface area contributed by atoms with E-state index in [-0.39, 0.29) is 0 Å². The number of para-hydroxylation sites is 2. The van der Waals surface area contributed by atoms with Crippen LogP contribution in [0, 0.1) is 12.8 Å². The Morgan fingerprint density at radius 1 is 1.04 bits per heavy atom. The molecule has 0 N–H and O–H groups in total. The van der Waals surface area contributed by atoms with Crippen LogP contribution in [0.1, 0.15) is 44.3 Å². The van der Waals surface area contributed by atoms with Crippen molar-refractivity contribution in [3.05, 3.63) is 30.1 Å². The summed E-state index contributed by atoms with van der Waals surface area (Å²) in [6.45, 7) is 7.76. The number of imidazole rings is 1. The summed E-state index contributed by atoms with van der Waals surface area (Å²) in [4.78, 5) is 21.8. The number of fused-ring (bicyclic) bond motifs is 1. The Balaban J connectivity index is 1.30. The lowest BCUT2D eigenvalue weighted by molar-refractivity contribution is -0.132. The predicted molar refractivity (Wildman–Crippen MR) is 109 cm³/mol. The number of amides is 1. The Bertz CT molecular complexity index is 768. The lowest BCUT2D eigenvalue weighted by atomic mass is 9.96. The molecule has 5 heteroatoms. The molecule has 2 aromatic rings. The zero-order valence-electron chi connectivity index (χ0n) is 16.6. The summed E-state index contributed by atoms with van der Waals surface area (Å²) in [7, 11) is 0. The molecule has 0 saturated carbocycles. The first kappa shape index (κ1) is 18.5. The Kier molecular flexibility index (Phi) is 5.77. The molecule has 1 amide bonds. The zero-order chi connectivity index (χ0) is 18.6. The smallest absolute Gasteiger partial charge is 0.236 e. The van der Waals surface area contributed by atoms with Gasteiger partial charge in [0.05, 0.1) is 17.6 Å². The van der Waals surface area contributed by atoms with Gasteiger partial charge in [0.1, 0.15) is 5.82 Å². The highest BCUT2D eigenvalue weighted by molar-refractivity contribution is 5.78. The number of nitrogens with zero attached hydrogens (tertiary/aromatic N) is 4. The van der Waals surface area contributed by atoms with Gasteiger partial charge < -0.3 is 9.47 Å². The lowest BCUT2D eigenvalue weighted by Gasteiger charge is -2.33. The fraction of sp³-hybridized carbons (Fsp3) is 0.636. The average Bonchev–Trinajstić information content (AvgIpc) is 2.86. The SMILES string of the molecule is Cc1nc2ccccc2n1CC1CCN(CC(=O)N2CCCCCC2)CC1. The van der Waals surface area contributed by atoms with Gasteiger partial charge in [-0.05, 0) is 63.7 Å². The summed E-state index contributed by atoms with van der Waals surface area (Å²) in [6.07, 6.45) is 7.23. The van der Waals surface area contributed by atoms with Crippen LogP contribution in [0.2, 0.25) is 0 Å². The molecule has 4 rings (SSSR count). The third-order valence-electron chi connectivity index (χ3n) is 6.31. The van der Waals surface area contributed by atoms with Crippen molar-refractivity contribution in [1.82, 2.24) is 19.4 Å². The Morgan fingerprint density at radius 3 is 2.48 bits per heavy atom. The maximum atomic E-state index is 12.6. The van der Waals surface area contributed by atoms with Crippen LogP contribution in [-0.2, 0) is 11.3 Å². The normalized spacial score (nSPS) is 20.1. The topological polar surface area (TPSA) is 41.4 Å². The second kappa shape index (κ2) is 8.42. The number of carbonyl (C=O) groups is 1. The minimum absolute atomic E-state index is 0.340. The van der Waals surface area contributed by atoms with Gasteiger partial charge >= 0.3 is 0 Å². The molecule has 0 atom stereocenters. The van der Waals surface area contributed by atoms with Crippen LogP contribution in [0.4, 0.5) is 0 Å². The van der Waals surface area contributed by atoms with Crippen LogP contribution in [-0.4, -0.2) is 58.0 Å². The molecule has 27 heavy (non-hydrogen) atoms. The van der Waals surface area contributed by atoms with Crippen molar-refractivity contribution < 1.29 is 4.79 Å². The number of benzene rings is 1. The summed E-state index contributed by atoms with van der Waals surface area (Å²) in [5.74, 6) is 2.12. The number of piperidine rings is 1. The van der Waals surface area contributed by atoms with Crippen LogP contribution in [0.5, 0.6) is 0 Å². The van der Waals surface area contributed by atoms with Gasteiger partial charge in [-0.25, -0.2) is 4.98 Å². The number of carbonyl (C=O) groups excluding carboxylic acids is 1. The van der Waals surface area contributed by atoms with Gasteiger partial charge in [0.15, 0.2) is 0 Å². The Labute approximate surface area is 162 Å². The molecular formula is C22H32N4O. The first-order valence-corrected chi connectivity index (χ1v) is 10.6. The van der Waals surface area contributed by atoms with Gasteiger partial charge in [-0.15, -0.1) is 0 Å². The quantitative estimate of drug-likeness (QED) is 0.830. The van der Waals surface area contributed by atoms with Crippen LogP contribution >= 0.6 is 0 Å². The third kappa shape index (κ3) is 4.34. The molecule has 0 unspecified atom stereocenters. The number of hydrogen-bond acceptors (Lipinski definition) is 3. The third-order valence-corrected chi connectivity index (χ3v) is 6.31. The predicted octanol–water partition coefficient (Wildman–Crippen LogP) is 3.46.